The van der Waals surface area contributed by atoms with E-state index in [1.165, 1.54) is 28.5 Å². The van der Waals surface area contributed by atoms with Crippen LogP contribution in [0.2, 0.25) is 0 Å². The van der Waals surface area contributed by atoms with E-state index in [-0.39, 0.29) is 28.3 Å². The maximum atomic E-state index is 14.6. The number of carboxylic acids is 2. The van der Waals surface area contributed by atoms with Crippen molar-refractivity contribution in [3.05, 3.63) is 74.8 Å². The number of halogens is 2. The number of nitrogens with two attached hydrogens (primary N) is 1. The second-order valence-corrected chi connectivity index (χ2v) is 12.2. The number of carbonyl (C=O) groups excluding carboxylic acids is 2. The average Bonchev–Trinajstić information content (AvgIpc) is 3.70. The van der Waals surface area contributed by atoms with E-state index in [9.17, 15) is 48.4 Å². The summed E-state index contributed by atoms with van der Waals surface area (Å²) in [5.74, 6) is -11.3. The summed E-state index contributed by atoms with van der Waals surface area (Å²) in [6, 6.07) is -0.977. The van der Waals surface area contributed by atoms with E-state index in [1.54, 1.807) is 12.2 Å². The molecule has 5 rings (SSSR count). The number of thioether (sulfide) groups is 1. The second-order valence-electron chi connectivity index (χ2n) is 9.46. The smallest absolute Gasteiger partial charge is 0.352 e. The van der Waals surface area contributed by atoms with Gasteiger partial charge in [-0.3, -0.25) is 14.5 Å². The Labute approximate surface area is 268 Å². The lowest BCUT2D eigenvalue weighted by atomic mass is 10.0. The highest BCUT2D eigenvalue weighted by atomic mass is 32.2. The van der Waals surface area contributed by atoms with Gasteiger partial charge in [0.25, 0.3) is 17.9 Å². The van der Waals surface area contributed by atoms with Crippen LogP contribution < -0.4 is 15.6 Å². The van der Waals surface area contributed by atoms with E-state index < -0.39 is 75.7 Å². The molecule has 2 aliphatic rings. The molecule has 46 heavy (non-hydrogen) atoms. The number of allylic oxidation sites excluding steroid dienone is 2. The van der Waals surface area contributed by atoms with E-state index in [2.05, 4.69) is 15.5 Å². The number of phenols is 2. The minimum absolute atomic E-state index is 0.0372. The van der Waals surface area contributed by atoms with Gasteiger partial charge >= 0.3 is 11.9 Å². The molecule has 1 saturated heterocycles. The summed E-state index contributed by atoms with van der Waals surface area (Å²) < 4.78 is 30.4. The summed E-state index contributed by atoms with van der Waals surface area (Å²) in [7, 11) is 0. The van der Waals surface area contributed by atoms with E-state index >= 15 is 0 Å². The Bertz CT molecular complexity index is 1830. The molecule has 20 heteroatoms. The predicted molar refractivity (Wildman–Crippen MR) is 158 cm³/mol. The van der Waals surface area contributed by atoms with Crippen LogP contribution in [0.25, 0.3) is 0 Å². The van der Waals surface area contributed by atoms with Crippen molar-refractivity contribution in [2.45, 2.75) is 24.1 Å². The van der Waals surface area contributed by atoms with Crippen molar-refractivity contribution >= 4 is 69.0 Å². The van der Waals surface area contributed by atoms with Gasteiger partial charge in [-0.1, -0.05) is 22.6 Å². The Morgan fingerprint density at radius 1 is 1.28 bits per heavy atom. The fourth-order valence-electron chi connectivity index (χ4n) is 4.42. The van der Waals surface area contributed by atoms with Crippen molar-refractivity contribution in [1.82, 2.24) is 15.2 Å². The van der Waals surface area contributed by atoms with Gasteiger partial charge in [0, 0.05) is 16.7 Å². The SMILES string of the molecule is Nc1nc(C(=NOC(C(=O)O)c2cc(F)c(O)c(O)c2F)C(=O)NC2C(=O)N3C(C(=O)O)=C(C=CC[n+]4ccsc4)CSC23)cs1. The molecule has 1 aromatic carbocycles. The first-order chi connectivity index (χ1) is 21.9. The molecule has 0 saturated carbocycles. The molecular formula is C26H21F2N6O9S3+. The molecule has 3 aromatic rings. The molecule has 0 aliphatic carbocycles. The number of carbonyl (C=O) groups is 4. The number of carboxylic acid groups (broad SMARTS) is 2. The number of oxime groups is 1. The van der Waals surface area contributed by atoms with Crippen molar-refractivity contribution in [3.63, 3.8) is 0 Å². The fraction of sp³-hybridized carbons (Fsp3) is 0.192. The first-order valence-corrected chi connectivity index (χ1v) is 15.6. The number of phenolic OH excluding ortho intramolecular Hbond substituents is 2. The molecule has 240 valence electrons. The standard InChI is InChI=1S/C26H20F2N6O9S3/c27-12-6-11(14(28)19(36)18(12)35)20(25(41)42)43-32-15(13-8-46-26(29)30-13)21(37)31-16-22(38)34-17(24(39)40)10(7-45-23(16)34)2-1-3-33-4-5-44-9-33/h1-2,4-6,8-9,16,20,23H,3,7H2,(H6-,29,30,31,32,35,36,37,39,40,41,42)/p+1. The number of nitrogen functional groups attached to an aromatic ring is 1. The molecule has 3 unspecified atom stereocenters. The topological polar surface area (TPSA) is 229 Å². The summed E-state index contributed by atoms with van der Waals surface area (Å²) in [4.78, 5) is 60.4. The number of nitrogens with zero attached hydrogens (tertiary/aromatic N) is 4. The lowest BCUT2D eigenvalue weighted by Crippen LogP contribution is -2.71. The Balaban J connectivity index is 1.38. The van der Waals surface area contributed by atoms with Crippen LogP contribution in [0.1, 0.15) is 17.4 Å². The van der Waals surface area contributed by atoms with Crippen molar-refractivity contribution in [1.29, 1.82) is 0 Å². The lowest BCUT2D eigenvalue weighted by Gasteiger charge is -2.49. The number of fused-ring (bicyclic) bond motifs is 1. The third kappa shape index (κ3) is 6.21. The Morgan fingerprint density at radius 3 is 2.67 bits per heavy atom. The van der Waals surface area contributed by atoms with Crippen LogP contribution in [0.15, 0.2) is 57.1 Å². The number of aromatic hydroxyl groups is 2. The maximum Gasteiger partial charge on any atom is 0.352 e. The van der Waals surface area contributed by atoms with E-state index in [4.69, 9.17) is 10.6 Å². The molecule has 0 bridgehead atoms. The summed E-state index contributed by atoms with van der Waals surface area (Å²) in [5, 5.41) is 46.7. The summed E-state index contributed by atoms with van der Waals surface area (Å²) >= 11 is 3.54. The van der Waals surface area contributed by atoms with Crippen molar-refractivity contribution in [3.8, 4) is 11.5 Å². The molecule has 15 nitrogen and oxygen atoms in total. The van der Waals surface area contributed by atoms with Crippen LogP contribution in [0.5, 0.6) is 11.5 Å². The van der Waals surface area contributed by atoms with Gasteiger partial charge in [0.1, 0.15) is 22.8 Å². The predicted octanol–water partition coefficient (Wildman–Crippen LogP) is 1.31. The average molecular weight is 696 g/mol. The van der Waals surface area contributed by atoms with Gasteiger partial charge in [-0.05, 0) is 17.7 Å². The number of benzene rings is 1. The van der Waals surface area contributed by atoms with Crippen molar-refractivity contribution in [2.75, 3.05) is 11.5 Å². The third-order valence-electron chi connectivity index (χ3n) is 6.58. The summed E-state index contributed by atoms with van der Waals surface area (Å²) in [6.45, 7) is 0.476. The zero-order chi connectivity index (χ0) is 33.3. The van der Waals surface area contributed by atoms with Gasteiger partial charge in [-0.25, -0.2) is 23.4 Å². The van der Waals surface area contributed by atoms with Gasteiger partial charge in [-0.2, -0.15) is 4.57 Å². The van der Waals surface area contributed by atoms with Gasteiger partial charge < -0.3 is 36.3 Å². The lowest BCUT2D eigenvalue weighted by molar-refractivity contribution is -0.682. The number of thiazole rings is 2. The first-order valence-electron chi connectivity index (χ1n) is 12.8. The normalized spacial score (nSPS) is 18.7. The number of hydrogen-bond acceptors (Lipinski definition) is 13. The van der Waals surface area contributed by atoms with Gasteiger partial charge in [-0.15, -0.1) is 23.1 Å². The molecule has 3 atom stereocenters. The third-order valence-corrected chi connectivity index (χ3v) is 9.23. The van der Waals surface area contributed by atoms with E-state index in [1.807, 2.05) is 21.7 Å². The molecule has 0 spiro atoms. The monoisotopic (exact) mass is 695 g/mol. The molecule has 1 fully saturated rings. The Kier molecular flexibility index (Phi) is 9.21. The van der Waals surface area contributed by atoms with Crippen LogP contribution in [0.4, 0.5) is 13.9 Å². The maximum absolute atomic E-state index is 14.6. The number of rotatable bonds is 11. The van der Waals surface area contributed by atoms with Crippen LogP contribution >= 0.6 is 34.4 Å². The number of amides is 2. The number of anilines is 1. The van der Waals surface area contributed by atoms with Crippen LogP contribution in [-0.4, -0.2) is 76.9 Å². The highest BCUT2D eigenvalue weighted by Gasteiger charge is 2.54. The summed E-state index contributed by atoms with van der Waals surface area (Å²) in [5.41, 5.74) is 5.66. The number of aliphatic carboxylic acids is 2. The highest BCUT2D eigenvalue weighted by Crippen LogP contribution is 2.41. The van der Waals surface area contributed by atoms with Gasteiger partial charge in [0.05, 0.1) is 5.38 Å². The molecule has 7 N–H and O–H groups in total. The number of hydrogen-bond donors (Lipinski definition) is 6. The van der Waals surface area contributed by atoms with Crippen molar-refractivity contribution < 1.29 is 57.8 Å². The molecule has 4 heterocycles. The zero-order valence-corrected chi connectivity index (χ0v) is 25.3. The van der Waals surface area contributed by atoms with Crippen LogP contribution in [-0.2, 0) is 30.6 Å². The molecular weight excluding hydrogens is 675 g/mol. The number of aromatic nitrogens is 2. The van der Waals surface area contributed by atoms with Gasteiger partial charge in [0.2, 0.25) is 5.51 Å². The molecule has 2 amide bonds. The highest BCUT2D eigenvalue weighted by molar-refractivity contribution is 8.00. The van der Waals surface area contributed by atoms with Gasteiger partial charge in [0.15, 0.2) is 46.7 Å². The Hall–Kier alpha value is -5.08. The quantitative estimate of drug-likeness (QED) is 0.0549. The van der Waals surface area contributed by atoms with Crippen LogP contribution in [0.3, 0.4) is 0 Å². The second kappa shape index (κ2) is 13.1. The van der Waals surface area contributed by atoms with Crippen LogP contribution in [0, 0.1) is 11.6 Å². The number of β-lactam (4-membered cyclic amide) rings is 1. The molecule has 2 aliphatic heterocycles. The first kappa shape index (κ1) is 32.3. The minimum atomic E-state index is -2.43. The summed E-state index contributed by atoms with van der Waals surface area (Å²) in [6.07, 6.45) is 2.79. The fourth-order valence-corrected chi connectivity index (χ4v) is 6.89. The largest absolute Gasteiger partial charge is 0.502 e. The molecule has 0 radical (unpaired) electrons. The molecule has 2 aromatic heterocycles. The zero-order valence-electron chi connectivity index (χ0n) is 22.9. The Morgan fingerprint density at radius 2 is 2.04 bits per heavy atom. The minimum Gasteiger partial charge on any atom is -0.502 e. The number of nitrogens with one attached hydrogen (secondary N) is 1. The van der Waals surface area contributed by atoms with E-state index in [0.29, 0.717) is 12.1 Å². The van der Waals surface area contributed by atoms with E-state index in [0.717, 1.165) is 16.2 Å². The van der Waals surface area contributed by atoms with Crippen molar-refractivity contribution in [2.24, 2.45) is 5.16 Å².